The van der Waals surface area contributed by atoms with Crippen molar-refractivity contribution in [2.24, 2.45) is 0 Å². The Bertz CT molecular complexity index is 427. The molecule has 5 heteroatoms. The van der Waals surface area contributed by atoms with Gasteiger partial charge < -0.3 is 9.47 Å². The Morgan fingerprint density at radius 3 is 2.56 bits per heavy atom. The number of nitrogens with zero attached hydrogens (tertiary/aromatic N) is 2. The van der Waals surface area contributed by atoms with Gasteiger partial charge in [0.15, 0.2) is 11.6 Å². The van der Waals surface area contributed by atoms with Crippen LogP contribution in [0.1, 0.15) is 12.7 Å². The monoisotopic (exact) mass is 266 g/mol. The highest BCUT2D eigenvalue weighted by Crippen LogP contribution is 2.25. The highest BCUT2D eigenvalue weighted by Gasteiger charge is 2.15. The first-order valence-corrected chi connectivity index (χ1v) is 9.74. The molecule has 0 atom stereocenters. The maximum absolute atomic E-state index is 5.71. The maximum Gasteiger partial charge on any atom is 0.260 e. The van der Waals surface area contributed by atoms with Gasteiger partial charge in [-0.05, 0) is 18.5 Å². The van der Waals surface area contributed by atoms with E-state index in [0.29, 0.717) is 24.1 Å². The van der Waals surface area contributed by atoms with E-state index in [4.69, 9.17) is 9.47 Å². The average Bonchev–Trinajstić information content (AvgIpc) is 2.27. The van der Waals surface area contributed by atoms with Gasteiger partial charge in [-0.3, -0.25) is 0 Å². The molecule has 0 amide bonds. The van der Waals surface area contributed by atoms with Crippen molar-refractivity contribution >= 4 is 13.6 Å². The summed E-state index contributed by atoms with van der Waals surface area (Å²) in [5, 5.41) is 0. The summed E-state index contributed by atoms with van der Waals surface area (Å²) >= 11 is 0. The van der Waals surface area contributed by atoms with Crippen LogP contribution in [0.4, 0.5) is 0 Å². The summed E-state index contributed by atoms with van der Waals surface area (Å²) in [6.45, 7) is 13.3. The van der Waals surface area contributed by atoms with Gasteiger partial charge in [-0.25, -0.2) is 4.98 Å². The van der Waals surface area contributed by atoms with E-state index in [0.717, 1.165) is 11.6 Å². The lowest BCUT2D eigenvalue weighted by molar-refractivity contribution is 0.295. The van der Waals surface area contributed by atoms with Crippen LogP contribution < -0.4 is 9.47 Å². The first-order valence-electron chi connectivity index (χ1n) is 6.03. The Morgan fingerprint density at radius 2 is 2.06 bits per heavy atom. The second-order valence-electron chi connectivity index (χ2n) is 5.51. The van der Waals surface area contributed by atoms with Crippen LogP contribution in [0.3, 0.4) is 0 Å². The zero-order valence-electron chi connectivity index (χ0n) is 11.9. The predicted octanol–water partition coefficient (Wildman–Crippen LogP) is 3.24. The topological polar surface area (TPSA) is 44.2 Å². The van der Waals surface area contributed by atoms with Gasteiger partial charge in [-0.15, -0.1) is 0 Å². The zero-order chi connectivity index (χ0) is 13.8. The molecule has 1 aromatic rings. The highest BCUT2D eigenvalue weighted by atomic mass is 28.3. The van der Waals surface area contributed by atoms with Crippen molar-refractivity contribution in [2.75, 3.05) is 13.7 Å². The van der Waals surface area contributed by atoms with Crippen LogP contribution in [0, 0.1) is 0 Å². The van der Waals surface area contributed by atoms with Crippen molar-refractivity contribution in [3.05, 3.63) is 18.6 Å². The second kappa shape index (κ2) is 6.00. The van der Waals surface area contributed by atoms with Crippen LogP contribution in [0.2, 0.25) is 25.7 Å². The summed E-state index contributed by atoms with van der Waals surface area (Å²) < 4.78 is 10.9. The number of rotatable bonds is 6. The number of ether oxygens (including phenoxy) is 2. The molecular weight excluding hydrogens is 244 g/mol. The lowest BCUT2D eigenvalue weighted by Gasteiger charge is -2.16. The normalized spacial score (nSPS) is 11.2. The summed E-state index contributed by atoms with van der Waals surface area (Å²) in [5.41, 5.74) is 0.813. The molecule has 0 saturated carbocycles. The Morgan fingerprint density at radius 1 is 1.39 bits per heavy atom. The van der Waals surface area contributed by atoms with E-state index >= 15 is 0 Å². The third-order valence-electron chi connectivity index (χ3n) is 2.41. The molecule has 0 N–H and O–H groups in total. The fourth-order valence-corrected chi connectivity index (χ4v) is 1.97. The largest absolute Gasteiger partial charge is 0.490 e. The van der Waals surface area contributed by atoms with E-state index in [2.05, 4.69) is 36.2 Å². The van der Waals surface area contributed by atoms with Gasteiger partial charge in [0.2, 0.25) is 0 Å². The van der Waals surface area contributed by atoms with Crippen LogP contribution in [0.25, 0.3) is 5.57 Å². The molecule has 1 aromatic heterocycles. The summed E-state index contributed by atoms with van der Waals surface area (Å²) in [7, 11) is 0.487. The van der Waals surface area contributed by atoms with E-state index in [9.17, 15) is 0 Å². The molecule has 1 rings (SSSR count). The Labute approximate surface area is 110 Å². The minimum atomic E-state index is -1.10. The molecule has 0 bridgehead atoms. The molecule has 18 heavy (non-hydrogen) atoms. The highest BCUT2D eigenvalue weighted by molar-refractivity contribution is 6.76. The second-order valence-corrected chi connectivity index (χ2v) is 11.1. The van der Waals surface area contributed by atoms with Gasteiger partial charge in [0.25, 0.3) is 5.88 Å². The standard InChI is InChI=1S/C13H22N2O2Si/c1-10(2)12-14-9-11(16-3)13(15-12)17-7-8-18(4,5)6/h9H,1,7-8H2,2-6H3. The Kier molecular flexibility index (Phi) is 4.90. The molecule has 1 heterocycles. The maximum atomic E-state index is 5.71. The lowest BCUT2D eigenvalue weighted by atomic mass is 10.3. The van der Waals surface area contributed by atoms with Gasteiger partial charge in [0, 0.05) is 8.07 Å². The number of allylic oxidation sites excluding steroid dienone is 1. The summed E-state index contributed by atoms with van der Waals surface area (Å²) in [6.07, 6.45) is 1.63. The van der Waals surface area contributed by atoms with Gasteiger partial charge in [-0.2, -0.15) is 4.98 Å². The molecule has 0 fully saturated rings. The molecule has 0 aliphatic carbocycles. The number of aromatic nitrogens is 2. The summed E-state index contributed by atoms with van der Waals surface area (Å²) in [5.74, 6) is 1.66. The first kappa shape index (κ1) is 14.7. The molecule has 0 unspecified atom stereocenters. The van der Waals surface area contributed by atoms with E-state index in [1.54, 1.807) is 13.3 Å². The van der Waals surface area contributed by atoms with Crippen molar-refractivity contribution in [3.63, 3.8) is 0 Å². The van der Waals surface area contributed by atoms with Crippen molar-refractivity contribution in [2.45, 2.75) is 32.6 Å². The third-order valence-corrected chi connectivity index (χ3v) is 4.12. The van der Waals surface area contributed by atoms with Crippen molar-refractivity contribution in [1.82, 2.24) is 9.97 Å². The molecular formula is C13H22N2O2Si. The smallest absolute Gasteiger partial charge is 0.260 e. The van der Waals surface area contributed by atoms with Crippen molar-refractivity contribution in [1.29, 1.82) is 0 Å². The summed E-state index contributed by atoms with van der Waals surface area (Å²) in [4.78, 5) is 8.48. The predicted molar refractivity (Wildman–Crippen MR) is 76.9 cm³/mol. The van der Waals surface area contributed by atoms with Crippen LogP contribution in [-0.2, 0) is 0 Å². The van der Waals surface area contributed by atoms with E-state index in [-0.39, 0.29) is 0 Å². The Hall–Kier alpha value is -1.36. The fraction of sp³-hybridized carbons (Fsp3) is 0.538. The van der Waals surface area contributed by atoms with Crippen molar-refractivity contribution < 1.29 is 9.47 Å². The third kappa shape index (κ3) is 4.48. The SMILES string of the molecule is C=C(C)c1ncc(OC)c(OCC[Si](C)(C)C)n1. The molecule has 4 nitrogen and oxygen atoms in total. The zero-order valence-corrected chi connectivity index (χ0v) is 12.9. The van der Waals surface area contributed by atoms with Gasteiger partial charge >= 0.3 is 0 Å². The Balaban J connectivity index is 2.78. The first-order chi connectivity index (χ1) is 8.33. The molecule has 100 valence electrons. The minimum Gasteiger partial charge on any atom is -0.490 e. The summed E-state index contributed by atoms with van der Waals surface area (Å²) in [6, 6.07) is 1.09. The molecule has 0 saturated heterocycles. The van der Waals surface area contributed by atoms with Gasteiger partial charge in [0.1, 0.15) is 0 Å². The van der Waals surface area contributed by atoms with Gasteiger partial charge in [0.05, 0.1) is 19.9 Å². The van der Waals surface area contributed by atoms with E-state index in [1.165, 1.54) is 0 Å². The van der Waals surface area contributed by atoms with Crippen LogP contribution >= 0.6 is 0 Å². The van der Waals surface area contributed by atoms with Crippen molar-refractivity contribution in [3.8, 4) is 11.6 Å². The van der Waals surface area contributed by atoms with Crippen LogP contribution in [-0.4, -0.2) is 31.8 Å². The molecule has 0 aliphatic rings. The molecule has 0 spiro atoms. The molecule has 0 radical (unpaired) electrons. The molecule has 0 aliphatic heterocycles. The van der Waals surface area contributed by atoms with Crippen LogP contribution in [0.5, 0.6) is 11.6 Å². The quantitative estimate of drug-likeness (QED) is 0.741. The van der Waals surface area contributed by atoms with Crippen LogP contribution in [0.15, 0.2) is 12.8 Å². The number of hydrogen-bond acceptors (Lipinski definition) is 4. The van der Waals surface area contributed by atoms with Gasteiger partial charge in [-0.1, -0.05) is 26.2 Å². The van der Waals surface area contributed by atoms with E-state index < -0.39 is 8.07 Å². The average molecular weight is 266 g/mol. The number of hydrogen-bond donors (Lipinski definition) is 0. The fourth-order valence-electron chi connectivity index (χ4n) is 1.26. The molecule has 0 aromatic carbocycles. The lowest BCUT2D eigenvalue weighted by Crippen LogP contribution is -2.22. The number of methoxy groups -OCH3 is 1. The minimum absolute atomic E-state index is 0.503. The van der Waals surface area contributed by atoms with E-state index in [1.807, 2.05) is 6.92 Å².